The number of hydrazine groups is 1. The Labute approximate surface area is 133 Å². The molecule has 2 aromatic carbocycles. The monoisotopic (exact) mass is 350 g/mol. The summed E-state index contributed by atoms with van der Waals surface area (Å²) in [6, 6.07) is 15.6. The number of hydrogen-bond donors (Lipinski definition) is 2. The highest BCUT2D eigenvalue weighted by atomic mass is 79.9. The lowest BCUT2D eigenvalue weighted by molar-refractivity contribution is 0.474. The van der Waals surface area contributed by atoms with E-state index in [1.165, 1.54) is 11.6 Å². The SMILES string of the molecule is NNC(CCCc1ccccc1)Cc1cccc(F)c1Br. The molecular formula is C17H20BrFN2. The number of aryl methyl sites for hydroxylation is 1. The predicted octanol–water partition coefficient (Wildman–Crippen LogP) is 3.99. The molecule has 0 amide bonds. The van der Waals surface area contributed by atoms with Gasteiger partial charge in [0.15, 0.2) is 0 Å². The van der Waals surface area contributed by atoms with Crippen LogP contribution >= 0.6 is 15.9 Å². The van der Waals surface area contributed by atoms with Gasteiger partial charge < -0.3 is 0 Å². The third kappa shape index (κ3) is 4.92. The zero-order valence-electron chi connectivity index (χ0n) is 11.9. The fourth-order valence-corrected chi connectivity index (χ4v) is 2.84. The molecule has 2 aromatic rings. The van der Waals surface area contributed by atoms with E-state index in [1.807, 2.05) is 12.1 Å². The van der Waals surface area contributed by atoms with Crippen molar-refractivity contribution in [3.05, 3.63) is 69.9 Å². The Kier molecular flexibility index (Phi) is 6.36. The van der Waals surface area contributed by atoms with Crippen LogP contribution in [0.15, 0.2) is 53.0 Å². The zero-order valence-corrected chi connectivity index (χ0v) is 13.4. The molecule has 112 valence electrons. The predicted molar refractivity (Wildman–Crippen MR) is 88.3 cm³/mol. The normalized spacial score (nSPS) is 12.3. The molecule has 0 saturated heterocycles. The van der Waals surface area contributed by atoms with Gasteiger partial charge in [0.2, 0.25) is 0 Å². The highest BCUT2D eigenvalue weighted by Crippen LogP contribution is 2.22. The van der Waals surface area contributed by atoms with Crippen molar-refractivity contribution in [1.82, 2.24) is 5.43 Å². The Morgan fingerprint density at radius 3 is 2.57 bits per heavy atom. The van der Waals surface area contributed by atoms with Gasteiger partial charge in [-0.15, -0.1) is 0 Å². The van der Waals surface area contributed by atoms with Crippen molar-refractivity contribution >= 4 is 15.9 Å². The van der Waals surface area contributed by atoms with E-state index in [1.54, 1.807) is 6.07 Å². The molecule has 2 nitrogen and oxygen atoms in total. The summed E-state index contributed by atoms with van der Waals surface area (Å²) in [5.41, 5.74) is 5.12. The number of nitrogens with one attached hydrogen (secondary N) is 1. The lowest BCUT2D eigenvalue weighted by Gasteiger charge is -2.17. The summed E-state index contributed by atoms with van der Waals surface area (Å²) in [6.45, 7) is 0. The molecule has 0 fully saturated rings. The Morgan fingerprint density at radius 1 is 1.10 bits per heavy atom. The molecule has 0 aromatic heterocycles. The number of nitrogens with two attached hydrogens (primary N) is 1. The summed E-state index contributed by atoms with van der Waals surface area (Å²) < 4.78 is 14.0. The Hall–Kier alpha value is -1.23. The Bertz CT molecular complexity index is 560. The molecule has 21 heavy (non-hydrogen) atoms. The van der Waals surface area contributed by atoms with Gasteiger partial charge in [-0.25, -0.2) is 4.39 Å². The van der Waals surface area contributed by atoms with Crippen molar-refractivity contribution in [2.45, 2.75) is 31.7 Å². The summed E-state index contributed by atoms with van der Waals surface area (Å²) in [6.07, 6.45) is 3.74. The third-order valence-electron chi connectivity index (χ3n) is 3.59. The maximum atomic E-state index is 13.5. The number of halogens is 2. The summed E-state index contributed by atoms with van der Waals surface area (Å²) in [7, 11) is 0. The van der Waals surface area contributed by atoms with Gasteiger partial charge in [0, 0.05) is 6.04 Å². The van der Waals surface area contributed by atoms with Crippen LogP contribution in [-0.2, 0) is 12.8 Å². The molecule has 0 aliphatic carbocycles. The quantitative estimate of drug-likeness (QED) is 0.585. The average molecular weight is 351 g/mol. The second kappa shape index (κ2) is 8.27. The van der Waals surface area contributed by atoms with Crippen LogP contribution in [0.4, 0.5) is 4.39 Å². The maximum Gasteiger partial charge on any atom is 0.137 e. The van der Waals surface area contributed by atoms with E-state index < -0.39 is 0 Å². The molecule has 0 spiro atoms. The van der Waals surface area contributed by atoms with E-state index in [-0.39, 0.29) is 11.9 Å². The van der Waals surface area contributed by atoms with Gasteiger partial charge in [0.05, 0.1) is 4.47 Å². The molecule has 4 heteroatoms. The zero-order chi connectivity index (χ0) is 15.1. The molecule has 0 radical (unpaired) electrons. The van der Waals surface area contributed by atoms with Crippen molar-refractivity contribution in [1.29, 1.82) is 0 Å². The standard InChI is InChI=1S/C17H20BrFN2/c18-17-14(9-5-11-16(17)19)12-15(21-20)10-4-8-13-6-2-1-3-7-13/h1-3,5-7,9,11,15,21H,4,8,10,12,20H2. The highest BCUT2D eigenvalue weighted by molar-refractivity contribution is 9.10. The van der Waals surface area contributed by atoms with Crippen molar-refractivity contribution in [3.63, 3.8) is 0 Å². The average Bonchev–Trinajstić information content (AvgIpc) is 2.51. The molecule has 1 unspecified atom stereocenters. The smallest absolute Gasteiger partial charge is 0.137 e. The molecule has 0 heterocycles. The van der Waals surface area contributed by atoms with Gasteiger partial charge in [0.25, 0.3) is 0 Å². The van der Waals surface area contributed by atoms with Gasteiger partial charge in [-0.1, -0.05) is 42.5 Å². The summed E-state index contributed by atoms with van der Waals surface area (Å²) >= 11 is 3.30. The first-order valence-electron chi connectivity index (χ1n) is 7.13. The molecule has 0 saturated carbocycles. The van der Waals surface area contributed by atoms with Crippen LogP contribution in [0.25, 0.3) is 0 Å². The van der Waals surface area contributed by atoms with Gasteiger partial charge in [-0.05, 0) is 58.8 Å². The molecule has 0 aliphatic rings. The Morgan fingerprint density at radius 2 is 1.86 bits per heavy atom. The lowest BCUT2D eigenvalue weighted by atomic mass is 9.99. The van der Waals surface area contributed by atoms with Crippen molar-refractivity contribution in [2.75, 3.05) is 0 Å². The minimum absolute atomic E-state index is 0.145. The second-order valence-corrected chi connectivity index (χ2v) is 5.95. The number of benzene rings is 2. The molecule has 0 bridgehead atoms. The van der Waals surface area contributed by atoms with Crippen LogP contribution in [-0.4, -0.2) is 6.04 Å². The largest absolute Gasteiger partial charge is 0.271 e. The van der Waals surface area contributed by atoms with Gasteiger partial charge in [-0.2, -0.15) is 0 Å². The summed E-state index contributed by atoms with van der Waals surface area (Å²) in [4.78, 5) is 0. The van der Waals surface area contributed by atoms with Crippen LogP contribution in [0.2, 0.25) is 0 Å². The van der Waals surface area contributed by atoms with Gasteiger partial charge in [-0.3, -0.25) is 11.3 Å². The summed E-state index contributed by atoms with van der Waals surface area (Å²) in [5, 5.41) is 0. The van der Waals surface area contributed by atoms with Crippen LogP contribution in [0.5, 0.6) is 0 Å². The van der Waals surface area contributed by atoms with E-state index in [2.05, 4.69) is 45.6 Å². The van der Waals surface area contributed by atoms with Crippen LogP contribution in [0.1, 0.15) is 24.0 Å². The van der Waals surface area contributed by atoms with E-state index in [0.29, 0.717) is 10.9 Å². The van der Waals surface area contributed by atoms with E-state index in [4.69, 9.17) is 5.84 Å². The minimum Gasteiger partial charge on any atom is -0.271 e. The molecule has 1 atom stereocenters. The molecule has 2 rings (SSSR count). The third-order valence-corrected chi connectivity index (χ3v) is 4.48. The lowest BCUT2D eigenvalue weighted by Crippen LogP contribution is -2.36. The topological polar surface area (TPSA) is 38.0 Å². The van der Waals surface area contributed by atoms with Crippen LogP contribution in [0, 0.1) is 5.82 Å². The first-order chi connectivity index (χ1) is 10.2. The van der Waals surface area contributed by atoms with Crippen LogP contribution in [0.3, 0.4) is 0 Å². The van der Waals surface area contributed by atoms with Crippen molar-refractivity contribution in [3.8, 4) is 0 Å². The van der Waals surface area contributed by atoms with Crippen molar-refractivity contribution in [2.24, 2.45) is 5.84 Å². The molecule has 0 aliphatic heterocycles. The maximum absolute atomic E-state index is 13.5. The van der Waals surface area contributed by atoms with Crippen molar-refractivity contribution < 1.29 is 4.39 Å². The second-order valence-electron chi connectivity index (χ2n) is 5.16. The van der Waals surface area contributed by atoms with E-state index in [0.717, 1.165) is 24.8 Å². The fourth-order valence-electron chi connectivity index (χ4n) is 2.41. The van der Waals surface area contributed by atoms with E-state index >= 15 is 0 Å². The Balaban J connectivity index is 1.87. The number of rotatable bonds is 7. The van der Waals surface area contributed by atoms with Crippen LogP contribution < -0.4 is 11.3 Å². The number of hydrogen-bond acceptors (Lipinski definition) is 2. The highest BCUT2D eigenvalue weighted by Gasteiger charge is 2.12. The summed E-state index contributed by atoms with van der Waals surface area (Å²) in [5.74, 6) is 5.40. The first kappa shape index (κ1) is 16.1. The fraction of sp³-hybridized carbons (Fsp3) is 0.294. The van der Waals surface area contributed by atoms with Gasteiger partial charge in [0.1, 0.15) is 5.82 Å². The van der Waals surface area contributed by atoms with E-state index in [9.17, 15) is 4.39 Å². The molecular weight excluding hydrogens is 331 g/mol. The van der Waals surface area contributed by atoms with Gasteiger partial charge >= 0.3 is 0 Å². The first-order valence-corrected chi connectivity index (χ1v) is 7.93. The minimum atomic E-state index is -0.229. The molecule has 3 N–H and O–H groups in total.